The number of benzene rings is 1. The van der Waals surface area contributed by atoms with E-state index in [1.165, 1.54) is 12.1 Å². The zero-order chi connectivity index (χ0) is 23.9. The molecule has 0 aliphatic heterocycles. The van der Waals surface area contributed by atoms with Crippen LogP contribution in [0.2, 0.25) is 0 Å². The molecule has 2 aliphatic rings. The molecule has 9 heteroatoms. The Morgan fingerprint density at radius 2 is 1.91 bits per heavy atom. The first-order valence-electron chi connectivity index (χ1n) is 11.8. The zero-order valence-corrected chi connectivity index (χ0v) is 20.1. The lowest BCUT2D eigenvalue weighted by Crippen LogP contribution is -2.37. The van der Waals surface area contributed by atoms with Gasteiger partial charge in [0.1, 0.15) is 15.7 Å². The van der Waals surface area contributed by atoms with Crippen LogP contribution in [0.25, 0.3) is 11.4 Å². The van der Waals surface area contributed by atoms with E-state index in [1.807, 2.05) is 0 Å². The third kappa shape index (κ3) is 4.98. The Balaban J connectivity index is 1.53. The number of alkyl halides is 3. The molecule has 3 atom stereocenters. The lowest BCUT2D eigenvalue weighted by atomic mass is 9.57. The summed E-state index contributed by atoms with van der Waals surface area (Å²) in [6.07, 6.45) is 3.43. The van der Waals surface area contributed by atoms with Gasteiger partial charge < -0.3 is 4.57 Å². The van der Waals surface area contributed by atoms with Crippen LogP contribution >= 0.6 is 0 Å². The van der Waals surface area contributed by atoms with Gasteiger partial charge in [0.25, 0.3) is 0 Å². The van der Waals surface area contributed by atoms with Crippen LogP contribution in [0.5, 0.6) is 0 Å². The van der Waals surface area contributed by atoms with Gasteiger partial charge in [0.05, 0.1) is 11.3 Å². The van der Waals surface area contributed by atoms with E-state index in [-0.39, 0.29) is 34.2 Å². The van der Waals surface area contributed by atoms with Gasteiger partial charge in [-0.3, -0.25) is 0 Å². The number of nitrogens with zero attached hydrogens (tertiary/aromatic N) is 3. The SMILES string of the molecule is CCS(=O)(=O)CCCC12CCCC(C1)C(c1nnc(-c3ccccc3C(F)(F)F)n1C)CC2. The molecule has 0 radical (unpaired) electrons. The Hall–Kier alpha value is -1.90. The minimum Gasteiger partial charge on any atom is -0.314 e. The van der Waals surface area contributed by atoms with Crippen LogP contribution in [0.4, 0.5) is 13.2 Å². The molecule has 0 spiro atoms. The lowest BCUT2D eigenvalue weighted by Gasteiger charge is -2.48. The first kappa shape index (κ1) is 24.2. The van der Waals surface area contributed by atoms with E-state index in [9.17, 15) is 21.6 Å². The maximum absolute atomic E-state index is 13.5. The molecular weight excluding hydrogens is 451 g/mol. The first-order chi connectivity index (χ1) is 15.6. The summed E-state index contributed by atoms with van der Waals surface area (Å²) in [5.74, 6) is 2.03. The number of hydrogen-bond donors (Lipinski definition) is 0. The van der Waals surface area contributed by atoms with E-state index in [0.717, 1.165) is 56.8 Å². The topological polar surface area (TPSA) is 64.8 Å². The van der Waals surface area contributed by atoms with Gasteiger partial charge in [0.15, 0.2) is 5.82 Å². The van der Waals surface area contributed by atoms with Crippen LogP contribution < -0.4 is 0 Å². The van der Waals surface area contributed by atoms with Gasteiger partial charge in [-0.25, -0.2) is 8.42 Å². The van der Waals surface area contributed by atoms with E-state index < -0.39 is 21.6 Å². The Kier molecular flexibility index (Phi) is 6.64. The molecule has 2 saturated carbocycles. The van der Waals surface area contributed by atoms with Gasteiger partial charge in [-0.1, -0.05) is 31.5 Å². The highest BCUT2D eigenvalue weighted by molar-refractivity contribution is 7.91. The third-order valence-electron chi connectivity index (χ3n) is 7.85. The molecule has 1 aromatic heterocycles. The quantitative estimate of drug-likeness (QED) is 0.502. The number of sulfone groups is 1. The molecule has 5 nitrogen and oxygen atoms in total. The van der Waals surface area contributed by atoms with Gasteiger partial charge in [-0.15, -0.1) is 10.2 Å². The first-order valence-corrected chi connectivity index (χ1v) is 13.6. The van der Waals surface area contributed by atoms with Crippen LogP contribution in [0.15, 0.2) is 24.3 Å². The molecule has 0 N–H and O–H groups in total. The maximum atomic E-state index is 13.5. The van der Waals surface area contributed by atoms with Crippen molar-refractivity contribution in [2.24, 2.45) is 18.4 Å². The molecule has 2 bridgehead atoms. The second-order valence-corrected chi connectivity index (χ2v) is 12.3. The second kappa shape index (κ2) is 9.04. The normalized spacial score (nSPS) is 25.8. The predicted molar refractivity (Wildman–Crippen MR) is 121 cm³/mol. The summed E-state index contributed by atoms with van der Waals surface area (Å²) in [6, 6.07) is 5.51. The summed E-state index contributed by atoms with van der Waals surface area (Å²) in [7, 11) is -1.19. The van der Waals surface area contributed by atoms with E-state index in [1.54, 1.807) is 24.6 Å². The molecule has 2 fully saturated rings. The highest BCUT2D eigenvalue weighted by Gasteiger charge is 2.45. The largest absolute Gasteiger partial charge is 0.417 e. The highest BCUT2D eigenvalue weighted by atomic mass is 32.2. The van der Waals surface area contributed by atoms with Gasteiger partial charge in [0.2, 0.25) is 0 Å². The summed E-state index contributed by atoms with van der Waals surface area (Å²) >= 11 is 0. The number of fused-ring (bicyclic) bond motifs is 2. The van der Waals surface area contributed by atoms with Crippen molar-refractivity contribution in [2.75, 3.05) is 11.5 Å². The van der Waals surface area contributed by atoms with E-state index in [4.69, 9.17) is 0 Å². The van der Waals surface area contributed by atoms with Crippen molar-refractivity contribution < 1.29 is 21.6 Å². The molecule has 2 aromatic rings. The molecule has 4 rings (SSSR count). The van der Waals surface area contributed by atoms with Crippen LogP contribution in [0, 0.1) is 11.3 Å². The molecule has 33 heavy (non-hydrogen) atoms. The van der Waals surface area contributed by atoms with Gasteiger partial charge in [0, 0.05) is 24.3 Å². The minimum atomic E-state index is -4.46. The zero-order valence-electron chi connectivity index (χ0n) is 19.2. The molecule has 182 valence electrons. The fourth-order valence-corrected chi connectivity index (χ4v) is 6.97. The van der Waals surface area contributed by atoms with Gasteiger partial charge in [-0.2, -0.15) is 13.2 Å². The van der Waals surface area contributed by atoms with Gasteiger partial charge in [-0.05, 0) is 62.3 Å². The predicted octanol–water partition coefficient (Wildman–Crippen LogP) is 5.77. The summed E-state index contributed by atoms with van der Waals surface area (Å²) in [6.45, 7) is 1.69. The number of hydrogen-bond acceptors (Lipinski definition) is 4. The number of rotatable bonds is 7. The van der Waals surface area contributed by atoms with Crippen molar-refractivity contribution >= 4 is 9.84 Å². The molecule has 2 aliphatic carbocycles. The number of halogens is 3. The van der Waals surface area contributed by atoms with E-state index >= 15 is 0 Å². The van der Waals surface area contributed by atoms with Crippen LogP contribution in [0.3, 0.4) is 0 Å². The van der Waals surface area contributed by atoms with Crippen molar-refractivity contribution in [3.05, 3.63) is 35.7 Å². The smallest absolute Gasteiger partial charge is 0.314 e. The molecule has 1 heterocycles. The molecule has 1 aromatic carbocycles. The summed E-state index contributed by atoms with van der Waals surface area (Å²) in [5, 5.41) is 8.57. The Labute approximate surface area is 193 Å². The lowest BCUT2D eigenvalue weighted by molar-refractivity contribution is -0.137. The Bertz CT molecular complexity index is 1100. The molecule has 3 unspecified atom stereocenters. The average molecular weight is 484 g/mol. The third-order valence-corrected chi connectivity index (χ3v) is 9.64. The summed E-state index contributed by atoms with van der Waals surface area (Å²) in [4.78, 5) is 0. The van der Waals surface area contributed by atoms with Crippen LogP contribution in [-0.4, -0.2) is 34.7 Å². The van der Waals surface area contributed by atoms with Crippen molar-refractivity contribution in [1.82, 2.24) is 14.8 Å². The molecule has 0 saturated heterocycles. The monoisotopic (exact) mass is 483 g/mol. The van der Waals surface area contributed by atoms with Crippen LogP contribution in [0.1, 0.15) is 75.6 Å². The van der Waals surface area contributed by atoms with E-state index in [0.29, 0.717) is 12.3 Å². The number of aromatic nitrogens is 3. The minimum absolute atomic E-state index is 0.0529. The summed E-state index contributed by atoms with van der Waals surface area (Å²) in [5.41, 5.74) is -0.459. The van der Waals surface area contributed by atoms with Gasteiger partial charge >= 0.3 is 6.18 Å². The highest BCUT2D eigenvalue weighted by Crippen LogP contribution is 2.56. The molecular formula is C24H32F3N3O2S. The Morgan fingerprint density at radius 1 is 1.15 bits per heavy atom. The van der Waals surface area contributed by atoms with Crippen LogP contribution in [-0.2, 0) is 23.1 Å². The molecule has 0 amide bonds. The maximum Gasteiger partial charge on any atom is 0.417 e. The van der Waals surface area contributed by atoms with Crippen molar-refractivity contribution in [3.63, 3.8) is 0 Å². The standard InChI is InChI=1S/C24H32F3N3O2S/c1-3-33(31,32)15-7-13-23-12-6-8-17(16-23)18(11-14-23)21-28-29-22(30(21)2)19-9-4-5-10-20(19)24(25,26)27/h4-5,9-10,17-18H,3,6-8,11-16H2,1-2H3. The Morgan fingerprint density at radius 3 is 2.64 bits per heavy atom. The average Bonchev–Trinajstić information content (AvgIpc) is 3.14. The fourth-order valence-electron chi connectivity index (χ4n) is 6.09. The second-order valence-electron chi connectivity index (χ2n) is 9.83. The fraction of sp³-hybridized carbons (Fsp3) is 0.667. The van der Waals surface area contributed by atoms with Crippen molar-refractivity contribution in [2.45, 2.75) is 70.4 Å². The van der Waals surface area contributed by atoms with E-state index in [2.05, 4.69) is 10.2 Å². The summed E-state index contributed by atoms with van der Waals surface area (Å²) < 4.78 is 66.2. The van der Waals surface area contributed by atoms with Crippen molar-refractivity contribution in [3.8, 4) is 11.4 Å². The van der Waals surface area contributed by atoms with Crippen molar-refractivity contribution in [1.29, 1.82) is 0 Å².